The Balaban J connectivity index is 1.68. The minimum atomic E-state index is 0.0202. The molecular weight excluding hydrogens is 302 g/mol. The van der Waals surface area contributed by atoms with Gasteiger partial charge in [0.25, 0.3) is 0 Å². The second kappa shape index (κ2) is 5.37. The van der Waals surface area contributed by atoms with Crippen molar-refractivity contribution >= 4 is 21.7 Å². The predicted molar refractivity (Wildman–Crippen MR) is 80.3 cm³/mol. The highest BCUT2D eigenvalue weighted by Gasteiger charge is 2.39. The molecule has 1 aliphatic carbocycles. The summed E-state index contributed by atoms with van der Waals surface area (Å²) in [4.78, 5) is 14.9. The Morgan fingerprint density at radius 2 is 1.79 bits per heavy atom. The van der Waals surface area contributed by atoms with Crippen molar-refractivity contribution in [2.75, 3.05) is 13.1 Å². The van der Waals surface area contributed by atoms with Crippen molar-refractivity contribution in [2.45, 2.75) is 32.2 Å². The van der Waals surface area contributed by atoms with Crippen LogP contribution in [0, 0.1) is 11.8 Å². The highest BCUT2D eigenvalue weighted by atomic mass is 79.9. The van der Waals surface area contributed by atoms with Crippen LogP contribution in [-0.4, -0.2) is 29.8 Å². The minimum Gasteiger partial charge on any atom is -0.293 e. The number of hydrogen-bond acceptors (Lipinski definition) is 2. The maximum absolute atomic E-state index is 12.5. The number of ketones is 1. The number of hydrogen-bond donors (Lipinski definition) is 0. The first-order chi connectivity index (χ1) is 9.15. The van der Waals surface area contributed by atoms with E-state index in [2.05, 4.69) is 27.8 Å². The predicted octanol–water partition coefficient (Wildman–Crippen LogP) is 3.75. The lowest BCUT2D eigenvalue weighted by molar-refractivity contribution is 0.0858. The van der Waals surface area contributed by atoms with Gasteiger partial charge >= 0.3 is 0 Å². The average molecular weight is 322 g/mol. The fourth-order valence-electron chi connectivity index (χ4n) is 3.61. The van der Waals surface area contributed by atoms with E-state index in [9.17, 15) is 4.79 Å². The first-order valence-electron chi connectivity index (χ1n) is 7.19. The molecule has 0 amide bonds. The number of halogens is 1. The Bertz CT molecular complexity index is 458. The second-order valence-corrected chi connectivity index (χ2v) is 6.87. The van der Waals surface area contributed by atoms with E-state index in [1.165, 1.54) is 19.3 Å². The van der Waals surface area contributed by atoms with Crippen molar-refractivity contribution < 1.29 is 4.79 Å². The lowest BCUT2D eigenvalue weighted by atomic mass is 10.0. The van der Waals surface area contributed by atoms with E-state index in [0.717, 1.165) is 35.0 Å². The Morgan fingerprint density at radius 1 is 1.21 bits per heavy atom. The topological polar surface area (TPSA) is 20.3 Å². The first kappa shape index (κ1) is 13.3. The third-order valence-electron chi connectivity index (χ3n) is 4.81. The van der Waals surface area contributed by atoms with Crippen LogP contribution in [-0.2, 0) is 0 Å². The minimum absolute atomic E-state index is 0.0202. The quantitative estimate of drug-likeness (QED) is 0.790. The number of rotatable bonds is 3. The summed E-state index contributed by atoms with van der Waals surface area (Å²) in [7, 11) is 0. The highest BCUT2D eigenvalue weighted by molar-refractivity contribution is 9.10. The van der Waals surface area contributed by atoms with E-state index in [4.69, 9.17) is 0 Å². The summed E-state index contributed by atoms with van der Waals surface area (Å²) in [5.74, 6) is 1.95. The largest absolute Gasteiger partial charge is 0.293 e. The molecule has 2 aliphatic rings. The van der Waals surface area contributed by atoms with Gasteiger partial charge in [-0.15, -0.1) is 0 Å². The molecule has 0 aromatic heterocycles. The van der Waals surface area contributed by atoms with Crippen LogP contribution in [0.1, 0.15) is 36.5 Å². The molecule has 19 heavy (non-hydrogen) atoms. The summed E-state index contributed by atoms with van der Waals surface area (Å²) in [6.07, 6.45) is 4.11. The molecule has 0 N–H and O–H groups in total. The van der Waals surface area contributed by atoms with Crippen molar-refractivity contribution in [3.05, 3.63) is 34.3 Å². The Kier molecular flexibility index (Phi) is 3.77. The van der Waals surface area contributed by atoms with Crippen molar-refractivity contribution in [2.24, 2.45) is 11.8 Å². The molecule has 3 heteroatoms. The van der Waals surface area contributed by atoms with E-state index in [0.29, 0.717) is 0 Å². The molecule has 3 unspecified atom stereocenters. The van der Waals surface area contributed by atoms with Gasteiger partial charge in [0.2, 0.25) is 0 Å². The molecule has 0 radical (unpaired) electrons. The molecule has 1 aromatic rings. The fourth-order valence-corrected chi connectivity index (χ4v) is 3.87. The summed E-state index contributed by atoms with van der Waals surface area (Å²) in [5.41, 5.74) is 0.827. The summed E-state index contributed by atoms with van der Waals surface area (Å²) < 4.78 is 1.02. The summed E-state index contributed by atoms with van der Waals surface area (Å²) in [5, 5.41) is 0. The number of likely N-dealkylation sites (tertiary alicyclic amines) is 1. The lowest BCUT2D eigenvalue weighted by Crippen LogP contribution is -2.38. The van der Waals surface area contributed by atoms with Gasteiger partial charge in [0, 0.05) is 23.1 Å². The zero-order chi connectivity index (χ0) is 13.4. The van der Waals surface area contributed by atoms with Gasteiger partial charge in [-0.1, -0.05) is 34.5 Å². The molecular formula is C16H20BrNO. The second-order valence-electron chi connectivity index (χ2n) is 5.95. The summed E-state index contributed by atoms with van der Waals surface area (Å²) >= 11 is 3.41. The van der Waals surface area contributed by atoms with Crippen LogP contribution in [0.25, 0.3) is 0 Å². The molecule has 2 nitrogen and oxygen atoms in total. The number of fused-ring (bicyclic) bond motifs is 1. The smallest absolute Gasteiger partial charge is 0.179 e. The van der Waals surface area contributed by atoms with E-state index in [-0.39, 0.29) is 11.8 Å². The third-order valence-corrected chi connectivity index (χ3v) is 5.34. The van der Waals surface area contributed by atoms with Crippen LogP contribution in [0.4, 0.5) is 0 Å². The maximum Gasteiger partial charge on any atom is 0.179 e. The van der Waals surface area contributed by atoms with Gasteiger partial charge in [-0.3, -0.25) is 9.69 Å². The third kappa shape index (κ3) is 2.63. The van der Waals surface area contributed by atoms with Crippen LogP contribution >= 0.6 is 15.9 Å². The number of benzene rings is 1. The van der Waals surface area contributed by atoms with Crippen molar-refractivity contribution in [3.8, 4) is 0 Å². The molecule has 1 aliphatic heterocycles. The standard InChI is InChI=1S/C16H20BrNO/c1-11(16(19)12-5-7-15(17)8-6-12)18-9-13-3-2-4-14(13)10-18/h5-8,11,13-14H,2-4,9-10H2,1H3. The van der Waals surface area contributed by atoms with Gasteiger partial charge in [-0.2, -0.15) is 0 Å². The van der Waals surface area contributed by atoms with Gasteiger partial charge in [-0.25, -0.2) is 0 Å². The molecule has 1 heterocycles. The Hall–Kier alpha value is -0.670. The average Bonchev–Trinajstić information content (AvgIpc) is 2.98. The molecule has 102 valence electrons. The van der Waals surface area contributed by atoms with E-state index in [1.54, 1.807) is 0 Å². The van der Waals surface area contributed by atoms with E-state index >= 15 is 0 Å². The van der Waals surface area contributed by atoms with Gasteiger partial charge in [0.1, 0.15) is 0 Å². The van der Waals surface area contributed by atoms with Gasteiger partial charge in [-0.05, 0) is 43.7 Å². The number of carbonyl (C=O) groups excluding carboxylic acids is 1. The Labute approximate surface area is 123 Å². The molecule has 1 saturated carbocycles. The highest BCUT2D eigenvalue weighted by Crippen LogP contribution is 2.38. The van der Waals surface area contributed by atoms with Crippen LogP contribution in [0.3, 0.4) is 0 Å². The number of Topliss-reactive ketones (excluding diaryl/α,β-unsaturated/α-hetero) is 1. The van der Waals surface area contributed by atoms with Crippen molar-refractivity contribution in [3.63, 3.8) is 0 Å². The van der Waals surface area contributed by atoms with Crippen molar-refractivity contribution in [1.29, 1.82) is 0 Å². The zero-order valence-electron chi connectivity index (χ0n) is 11.3. The van der Waals surface area contributed by atoms with Gasteiger partial charge in [0.15, 0.2) is 5.78 Å². The maximum atomic E-state index is 12.5. The van der Waals surface area contributed by atoms with Crippen LogP contribution in [0.2, 0.25) is 0 Å². The normalized spacial score (nSPS) is 28.3. The monoisotopic (exact) mass is 321 g/mol. The molecule has 1 saturated heterocycles. The zero-order valence-corrected chi connectivity index (χ0v) is 12.9. The van der Waals surface area contributed by atoms with E-state index in [1.807, 2.05) is 24.3 Å². The lowest BCUT2D eigenvalue weighted by Gasteiger charge is -2.24. The number of carbonyl (C=O) groups is 1. The summed E-state index contributed by atoms with van der Waals surface area (Å²) in [6, 6.07) is 7.74. The fraction of sp³-hybridized carbons (Fsp3) is 0.562. The van der Waals surface area contributed by atoms with Crippen LogP contribution in [0.15, 0.2) is 28.7 Å². The van der Waals surface area contributed by atoms with Crippen LogP contribution in [0.5, 0.6) is 0 Å². The Morgan fingerprint density at radius 3 is 2.37 bits per heavy atom. The summed E-state index contributed by atoms with van der Waals surface area (Å²) in [6.45, 7) is 4.30. The molecule has 2 fully saturated rings. The molecule has 3 atom stereocenters. The van der Waals surface area contributed by atoms with Gasteiger partial charge in [0.05, 0.1) is 6.04 Å². The van der Waals surface area contributed by atoms with Gasteiger partial charge < -0.3 is 0 Å². The van der Waals surface area contributed by atoms with Crippen LogP contribution < -0.4 is 0 Å². The molecule has 1 aromatic carbocycles. The van der Waals surface area contributed by atoms with Crippen molar-refractivity contribution in [1.82, 2.24) is 4.90 Å². The SMILES string of the molecule is CC(C(=O)c1ccc(Br)cc1)N1CC2CCCC2C1. The molecule has 0 bridgehead atoms. The molecule has 0 spiro atoms. The number of nitrogens with zero attached hydrogens (tertiary/aromatic N) is 1. The van der Waals surface area contributed by atoms with E-state index < -0.39 is 0 Å². The first-order valence-corrected chi connectivity index (χ1v) is 7.98. The molecule has 3 rings (SSSR count).